The van der Waals surface area contributed by atoms with Crippen molar-refractivity contribution in [2.24, 2.45) is 5.92 Å². The molecule has 0 radical (unpaired) electrons. The van der Waals surface area contributed by atoms with E-state index in [0.29, 0.717) is 11.7 Å². The molecule has 1 aromatic heterocycles. The predicted octanol–water partition coefficient (Wildman–Crippen LogP) is 2.76. The molecule has 0 aliphatic carbocycles. The Bertz CT molecular complexity index is 557. The molecule has 18 heavy (non-hydrogen) atoms. The van der Waals surface area contributed by atoms with Gasteiger partial charge in [0.05, 0.1) is 5.52 Å². The maximum Gasteiger partial charge on any atom is 0.341 e. The molecule has 1 heterocycles. The van der Waals surface area contributed by atoms with E-state index in [1.807, 2.05) is 24.4 Å². The van der Waals surface area contributed by atoms with Crippen LogP contribution < -0.4 is 4.74 Å². The summed E-state index contributed by atoms with van der Waals surface area (Å²) in [7, 11) is 0. The van der Waals surface area contributed by atoms with E-state index in [4.69, 9.17) is 9.84 Å². The van der Waals surface area contributed by atoms with Crippen molar-refractivity contribution in [2.75, 3.05) is 6.61 Å². The van der Waals surface area contributed by atoms with Gasteiger partial charge in [-0.2, -0.15) is 0 Å². The number of rotatable bonds is 5. The number of fused-ring (bicyclic) bond motifs is 1. The highest BCUT2D eigenvalue weighted by Crippen LogP contribution is 2.27. The normalized spacial score (nSPS) is 11.1. The maximum atomic E-state index is 10.5. The third-order valence-corrected chi connectivity index (χ3v) is 2.69. The molecule has 2 aromatic rings. The molecule has 0 aliphatic heterocycles. The van der Waals surface area contributed by atoms with Crippen LogP contribution in [0.15, 0.2) is 30.5 Å². The lowest BCUT2D eigenvalue weighted by Gasteiger charge is -2.09. The van der Waals surface area contributed by atoms with E-state index >= 15 is 0 Å². The first-order valence-corrected chi connectivity index (χ1v) is 6.00. The standard InChI is InChI=1S/C14H17NO3/c1-10(2)8-15-7-6-11-12(15)4-3-5-13(11)18-9-14(16)17/h3-7,10H,8-9H2,1-2H3,(H,16,17). The van der Waals surface area contributed by atoms with Crippen LogP contribution in [0.4, 0.5) is 0 Å². The van der Waals surface area contributed by atoms with E-state index in [1.165, 1.54) is 0 Å². The summed E-state index contributed by atoms with van der Waals surface area (Å²) in [5.74, 6) is 0.218. The van der Waals surface area contributed by atoms with Gasteiger partial charge in [-0.25, -0.2) is 4.79 Å². The highest BCUT2D eigenvalue weighted by molar-refractivity contribution is 5.86. The van der Waals surface area contributed by atoms with Crippen molar-refractivity contribution in [1.82, 2.24) is 4.57 Å². The zero-order chi connectivity index (χ0) is 13.1. The second-order valence-corrected chi connectivity index (χ2v) is 4.73. The lowest BCUT2D eigenvalue weighted by molar-refractivity contribution is -0.139. The average Bonchev–Trinajstić information content (AvgIpc) is 2.69. The minimum Gasteiger partial charge on any atom is -0.481 e. The van der Waals surface area contributed by atoms with Gasteiger partial charge >= 0.3 is 5.97 Å². The summed E-state index contributed by atoms with van der Waals surface area (Å²) >= 11 is 0. The molecule has 0 unspecified atom stereocenters. The maximum absolute atomic E-state index is 10.5. The third-order valence-electron chi connectivity index (χ3n) is 2.69. The van der Waals surface area contributed by atoms with Gasteiger partial charge in [-0.3, -0.25) is 0 Å². The van der Waals surface area contributed by atoms with Crippen molar-refractivity contribution in [1.29, 1.82) is 0 Å². The van der Waals surface area contributed by atoms with Crippen LogP contribution >= 0.6 is 0 Å². The van der Waals surface area contributed by atoms with Crippen molar-refractivity contribution < 1.29 is 14.6 Å². The molecule has 96 valence electrons. The highest BCUT2D eigenvalue weighted by Gasteiger charge is 2.08. The van der Waals surface area contributed by atoms with Crippen LogP contribution in [0.5, 0.6) is 5.75 Å². The number of carboxylic acids is 1. The monoisotopic (exact) mass is 247 g/mol. The SMILES string of the molecule is CC(C)Cn1ccc2c(OCC(=O)O)cccc21. The fourth-order valence-corrected chi connectivity index (χ4v) is 2.01. The van der Waals surface area contributed by atoms with E-state index < -0.39 is 5.97 Å². The van der Waals surface area contributed by atoms with Crippen LogP contribution in [0.2, 0.25) is 0 Å². The molecular formula is C14H17NO3. The number of carboxylic acid groups (broad SMARTS) is 1. The van der Waals surface area contributed by atoms with Gasteiger partial charge < -0.3 is 14.4 Å². The Labute approximate surface area is 106 Å². The van der Waals surface area contributed by atoms with Crippen LogP contribution in [-0.2, 0) is 11.3 Å². The molecule has 0 fully saturated rings. The number of aliphatic carboxylic acids is 1. The summed E-state index contributed by atoms with van der Waals surface area (Å²) in [4.78, 5) is 10.5. The Morgan fingerprint density at radius 2 is 2.17 bits per heavy atom. The minimum atomic E-state index is -0.964. The summed E-state index contributed by atoms with van der Waals surface area (Å²) < 4.78 is 7.45. The molecule has 0 bridgehead atoms. The average molecular weight is 247 g/mol. The molecule has 0 aliphatic rings. The summed E-state index contributed by atoms with van der Waals surface area (Å²) in [6, 6.07) is 7.67. The molecule has 1 aromatic carbocycles. The predicted molar refractivity (Wildman–Crippen MR) is 69.9 cm³/mol. The first-order valence-electron chi connectivity index (χ1n) is 6.00. The molecule has 4 heteroatoms. The summed E-state index contributed by atoms with van der Waals surface area (Å²) in [6.07, 6.45) is 2.01. The quantitative estimate of drug-likeness (QED) is 0.883. The van der Waals surface area contributed by atoms with Gasteiger partial charge in [-0.1, -0.05) is 19.9 Å². The fraction of sp³-hybridized carbons (Fsp3) is 0.357. The van der Waals surface area contributed by atoms with Crippen LogP contribution in [-0.4, -0.2) is 22.2 Å². The van der Waals surface area contributed by atoms with Gasteiger partial charge in [-0.15, -0.1) is 0 Å². The van der Waals surface area contributed by atoms with Gasteiger partial charge in [0.2, 0.25) is 0 Å². The van der Waals surface area contributed by atoms with Crippen molar-refractivity contribution in [3.8, 4) is 5.75 Å². The fourth-order valence-electron chi connectivity index (χ4n) is 2.01. The number of benzene rings is 1. The molecule has 0 amide bonds. The zero-order valence-corrected chi connectivity index (χ0v) is 10.6. The van der Waals surface area contributed by atoms with Gasteiger partial charge in [-0.05, 0) is 24.1 Å². The molecule has 0 atom stereocenters. The van der Waals surface area contributed by atoms with Crippen molar-refractivity contribution >= 4 is 16.9 Å². The molecular weight excluding hydrogens is 230 g/mol. The molecule has 0 saturated heterocycles. The third kappa shape index (κ3) is 2.64. The summed E-state index contributed by atoms with van der Waals surface area (Å²) in [5, 5.41) is 9.60. The topological polar surface area (TPSA) is 51.5 Å². The van der Waals surface area contributed by atoms with E-state index in [1.54, 1.807) is 6.07 Å². The highest BCUT2D eigenvalue weighted by atomic mass is 16.5. The second-order valence-electron chi connectivity index (χ2n) is 4.73. The van der Waals surface area contributed by atoms with Gasteiger partial charge in [0, 0.05) is 18.1 Å². The van der Waals surface area contributed by atoms with E-state index in [2.05, 4.69) is 18.4 Å². The molecule has 2 rings (SSSR count). The lowest BCUT2D eigenvalue weighted by atomic mass is 10.2. The summed E-state index contributed by atoms with van der Waals surface area (Å²) in [5.41, 5.74) is 1.08. The number of aromatic nitrogens is 1. The Morgan fingerprint density at radius 1 is 1.39 bits per heavy atom. The Hall–Kier alpha value is -1.97. The smallest absolute Gasteiger partial charge is 0.341 e. The number of hydrogen-bond acceptors (Lipinski definition) is 2. The number of carbonyl (C=O) groups is 1. The van der Waals surface area contributed by atoms with Crippen molar-refractivity contribution in [3.63, 3.8) is 0 Å². The van der Waals surface area contributed by atoms with Crippen LogP contribution in [0.25, 0.3) is 10.9 Å². The summed E-state index contributed by atoms with van der Waals surface area (Å²) in [6.45, 7) is 4.95. The minimum absolute atomic E-state index is 0.311. The molecule has 4 nitrogen and oxygen atoms in total. The Balaban J connectivity index is 2.32. The van der Waals surface area contributed by atoms with E-state index in [9.17, 15) is 4.79 Å². The van der Waals surface area contributed by atoms with E-state index in [0.717, 1.165) is 17.4 Å². The first kappa shape index (κ1) is 12.5. The van der Waals surface area contributed by atoms with E-state index in [-0.39, 0.29) is 6.61 Å². The second kappa shape index (κ2) is 5.12. The Kier molecular flexibility index (Phi) is 3.55. The number of hydrogen-bond donors (Lipinski definition) is 1. The van der Waals surface area contributed by atoms with Gasteiger partial charge in [0.15, 0.2) is 6.61 Å². The van der Waals surface area contributed by atoms with Crippen molar-refractivity contribution in [2.45, 2.75) is 20.4 Å². The molecule has 1 N–H and O–H groups in total. The van der Waals surface area contributed by atoms with Crippen LogP contribution in [0, 0.1) is 5.92 Å². The van der Waals surface area contributed by atoms with Gasteiger partial charge in [0.1, 0.15) is 5.75 Å². The van der Waals surface area contributed by atoms with Gasteiger partial charge in [0.25, 0.3) is 0 Å². The first-order chi connectivity index (χ1) is 8.58. The largest absolute Gasteiger partial charge is 0.481 e. The lowest BCUT2D eigenvalue weighted by Crippen LogP contribution is -2.09. The van der Waals surface area contributed by atoms with Crippen LogP contribution in [0.1, 0.15) is 13.8 Å². The van der Waals surface area contributed by atoms with Crippen LogP contribution in [0.3, 0.4) is 0 Å². The number of ether oxygens (including phenoxy) is 1. The zero-order valence-electron chi connectivity index (χ0n) is 10.6. The number of nitrogens with zero attached hydrogens (tertiary/aromatic N) is 1. The van der Waals surface area contributed by atoms with Crippen molar-refractivity contribution in [3.05, 3.63) is 30.5 Å². The Morgan fingerprint density at radius 3 is 2.83 bits per heavy atom. The molecule has 0 spiro atoms. The molecule has 0 saturated carbocycles.